The van der Waals surface area contributed by atoms with Gasteiger partial charge in [-0.2, -0.15) is 0 Å². The van der Waals surface area contributed by atoms with Gasteiger partial charge in [-0.25, -0.2) is 0 Å². The molecule has 1 amide bonds. The van der Waals surface area contributed by atoms with E-state index in [0.717, 1.165) is 12.8 Å². The zero-order valence-corrected chi connectivity index (χ0v) is 9.99. The number of aliphatic hydroxyl groups is 1. The number of nitrogens with one attached hydrogen (secondary N) is 1. The molecule has 4 N–H and O–H groups in total. The fourth-order valence-corrected chi connectivity index (χ4v) is 1.70. The molecule has 0 bridgehead atoms. The lowest BCUT2D eigenvalue weighted by molar-refractivity contribution is -0.118. The normalized spacial score (nSPS) is 15.3. The van der Waals surface area contributed by atoms with Gasteiger partial charge in [-0.15, -0.1) is 0 Å². The van der Waals surface area contributed by atoms with Crippen LogP contribution in [0.2, 0.25) is 0 Å². The van der Waals surface area contributed by atoms with Crippen LogP contribution < -0.4 is 11.1 Å². The molecule has 4 heteroatoms. The van der Waals surface area contributed by atoms with E-state index in [0.29, 0.717) is 18.9 Å². The molecular weight excluding hydrogens is 192 g/mol. The lowest BCUT2D eigenvalue weighted by Crippen LogP contribution is -2.39. The lowest BCUT2D eigenvalue weighted by Gasteiger charge is -2.22. The number of primary amides is 1. The van der Waals surface area contributed by atoms with Gasteiger partial charge in [0, 0.05) is 19.0 Å². The molecule has 0 aliphatic heterocycles. The van der Waals surface area contributed by atoms with Crippen LogP contribution in [0.3, 0.4) is 0 Å². The summed E-state index contributed by atoms with van der Waals surface area (Å²) in [5.74, 6) is 0.0188. The van der Waals surface area contributed by atoms with Crippen LogP contribution in [0.25, 0.3) is 0 Å². The summed E-state index contributed by atoms with van der Waals surface area (Å²) < 4.78 is 0. The molecule has 2 atom stereocenters. The van der Waals surface area contributed by atoms with Crippen molar-refractivity contribution < 1.29 is 9.90 Å². The van der Waals surface area contributed by atoms with E-state index in [2.05, 4.69) is 19.2 Å². The molecule has 0 heterocycles. The minimum atomic E-state index is -0.338. The van der Waals surface area contributed by atoms with Gasteiger partial charge in [-0.05, 0) is 12.8 Å². The molecule has 0 saturated carbocycles. The number of hydrogen-bond acceptors (Lipinski definition) is 3. The first-order valence-electron chi connectivity index (χ1n) is 5.70. The van der Waals surface area contributed by atoms with Gasteiger partial charge in [-0.1, -0.05) is 26.7 Å². The van der Waals surface area contributed by atoms with E-state index in [1.54, 1.807) is 0 Å². The molecule has 0 aromatic rings. The fourth-order valence-electron chi connectivity index (χ4n) is 1.70. The number of carbonyl (C=O) groups excluding carboxylic acids is 1. The standard InChI is InChI=1S/C11H24N2O2/c1-4-9(5-2)10(14)7-13-8(3)6-11(12)15/h8-10,13-14H,4-7H2,1-3H3,(H2,12,15). The average molecular weight is 216 g/mol. The summed E-state index contributed by atoms with van der Waals surface area (Å²) in [6.07, 6.45) is 1.93. The molecule has 0 aromatic heterocycles. The van der Waals surface area contributed by atoms with Gasteiger partial charge in [0.15, 0.2) is 0 Å². The predicted molar refractivity (Wildman–Crippen MR) is 61.4 cm³/mol. The van der Waals surface area contributed by atoms with Crippen molar-refractivity contribution >= 4 is 5.91 Å². The van der Waals surface area contributed by atoms with Crippen molar-refractivity contribution in [2.45, 2.75) is 52.2 Å². The van der Waals surface area contributed by atoms with Crippen molar-refractivity contribution in [2.24, 2.45) is 11.7 Å². The molecule has 0 aliphatic rings. The van der Waals surface area contributed by atoms with Gasteiger partial charge < -0.3 is 16.2 Å². The van der Waals surface area contributed by atoms with Crippen LogP contribution in [-0.2, 0) is 4.79 Å². The Labute approximate surface area is 92.2 Å². The number of amides is 1. The summed E-state index contributed by atoms with van der Waals surface area (Å²) in [5.41, 5.74) is 5.07. The molecule has 15 heavy (non-hydrogen) atoms. The largest absolute Gasteiger partial charge is 0.392 e. The minimum absolute atomic E-state index is 0.0338. The van der Waals surface area contributed by atoms with Crippen LogP contribution in [0.5, 0.6) is 0 Å². The number of aliphatic hydroxyl groups excluding tert-OH is 1. The molecule has 0 fully saturated rings. The Hall–Kier alpha value is -0.610. The van der Waals surface area contributed by atoms with Crippen LogP contribution in [0.4, 0.5) is 0 Å². The predicted octanol–water partition coefficient (Wildman–Crippen LogP) is 0.637. The van der Waals surface area contributed by atoms with Crippen molar-refractivity contribution in [1.82, 2.24) is 5.32 Å². The Morgan fingerprint density at radius 2 is 1.93 bits per heavy atom. The maximum absolute atomic E-state index is 10.6. The van der Waals surface area contributed by atoms with E-state index in [1.807, 2.05) is 6.92 Å². The van der Waals surface area contributed by atoms with Crippen molar-refractivity contribution in [2.75, 3.05) is 6.54 Å². The third-order valence-corrected chi connectivity index (χ3v) is 2.78. The first-order chi connectivity index (χ1) is 7.01. The second kappa shape index (κ2) is 7.65. The molecule has 4 nitrogen and oxygen atoms in total. The molecule has 90 valence electrons. The summed E-state index contributed by atoms with van der Waals surface area (Å²) in [5, 5.41) is 12.9. The van der Waals surface area contributed by atoms with Crippen LogP contribution in [-0.4, -0.2) is 29.7 Å². The number of rotatable bonds is 8. The second-order valence-electron chi connectivity index (χ2n) is 4.12. The summed E-state index contributed by atoms with van der Waals surface area (Å²) >= 11 is 0. The maximum atomic E-state index is 10.6. The first kappa shape index (κ1) is 14.4. The topological polar surface area (TPSA) is 75.3 Å². The quantitative estimate of drug-likeness (QED) is 0.557. The second-order valence-corrected chi connectivity index (χ2v) is 4.12. The van der Waals surface area contributed by atoms with E-state index >= 15 is 0 Å². The van der Waals surface area contributed by atoms with Gasteiger partial charge >= 0.3 is 0 Å². The van der Waals surface area contributed by atoms with E-state index in [9.17, 15) is 9.90 Å². The molecule has 0 spiro atoms. The van der Waals surface area contributed by atoms with Gasteiger partial charge in [0.1, 0.15) is 0 Å². The van der Waals surface area contributed by atoms with E-state index in [-0.39, 0.29) is 18.1 Å². The SMILES string of the molecule is CCC(CC)C(O)CNC(C)CC(N)=O. The zero-order valence-electron chi connectivity index (χ0n) is 9.99. The molecule has 0 saturated heterocycles. The number of hydrogen-bond donors (Lipinski definition) is 3. The third-order valence-electron chi connectivity index (χ3n) is 2.78. The Morgan fingerprint density at radius 3 is 2.33 bits per heavy atom. The monoisotopic (exact) mass is 216 g/mol. The summed E-state index contributed by atoms with van der Waals surface area (Å²) in [7, 11) is 0. The zero-order chi connectivity index (χ0) is 11.8. The van der Waals surface area contributed by atoms with E-state index in [4.69, 9.17) is 5.73 Å². The Kier molecular flexibility index (Phi) is 7.34. The highest BCUT2D eigenvalue weighted by Crippen LogP contribution is 2.12. The van der Waals surface area contributed by atoms with Crippen molar-refractivity contribution in [3.63, 3.8) is 0 Å². The summed E-state index contributed by atoms with van der Waals surface area (Å²) in [6, 6.07) is 0.0338. The van der Waals surface area contributed by atoms with Gasteiger partial charge in [0.25, 0.3) is 0 Å². The fraction of sp³-hybridized carbons (Fsp3) is 0.909. The number of nitrogens with two attached hydrogens (primary N) is 1. The smallest absolute Gasteiger partial charge is 0.218 e. The van der Waals surface area contributed by atoms with Crippen LogP contribution in [0, 0.1) is 5.92 Å². The Balaban J connectivity index is 3.78. The van der Waals surface area contributed by atoms with E-state index < -0.39 is 0 Å². The molecule has 2 unspecified atom stereocenters. The lowest BCUT2D eigenvalue weighted by atomic mass is 9.96. The van der Waals surface area contributed by atoms with Crippen molar-refractivity contribution in [1.29, 1.82) is 0 Å². The highest BCUT2D eigenvalue weighted by molar-refractivity contribution is 5.74. The van der Waals surface area contributed by atoms with Gasteiger partial charge in [0.05, 0.1) is 6.10 Å². The van der Waals surface area contributed by atoms with Crippen molar-refractivity contribution in [3.8, 4) is 0 Å². The summed E-state index contributed by atoms with van der Waals surface area (Å²) in [6.45, 7) is 6.57. The maximum Gasteiger partial charge on any atom is 0.218 e. The first-order valence-corrected chi connectivity index (χ1v) is 5.70. The minimum Gasteiger partial charge on any atom is -0.392 e. The Morgan fingerprint density at radius 1 is 1.40 bits per heavy atom. The van der Waals surface area contributed by atoms with Crippen molar-refractivity contribution in [3.05, 3.63) is 0 Å². The molecular formula is C11H24N2O2. The summed E-state index contributed by atoms with van der Waals surface area (Å²) in [4.78, 5) is 10.6. The van der Waals surface area contributed by atoms with E-state index in [1.165, 1.54) is 0 Å². The Bertz CT molecular complexity index is 181. The highest BCUT2D eigenvalue weighted by atomic mass is 16.3. The van der Waals surface area contributed by atoms with Crippen LogP contribution in [0.15, 0.2) is 0 Å². The average Bonchev–Trinajstić information content (AvgIpc) is 2.15. The highest BCUT2D eigenvalue weighted by Gasteiger charge is 2.16. The molecule has 0 aliphatic carbocycles. The molecule has 0 aromatic carbocycles. The third kappa shape index (κ3) is 6.47. The van der Waals surface area contributed by atoms with Crippen LogP contribution >= 0.6 is 0 Å². The van der Waals surface area contributed by atoms with Crippen LogP contribution in [0.1, 0.15) is 40.0 Å². The molecule has 0 radical (unpaired) electrons. The molecule has 0 rings (SSSR count). The number of carbonyl (C=O) groups is 1. The van der Waals surface area contributed by atoms with Gasteiger partial charge in [0.2, 0.25) is 5.91 Å². The van der Waals surface area contributed by atoms with Gasteiger partial charge in [-0.3, -0.25) is 4.79 Å².